The van der Waals surface area contributed by atoms with E-state index in [-0.39, 0.29) is 37.9 Å². The number of amides is 2. The summed E-state index contributed by atoms with van der Waals surface area (Å²) in [6.07, 6.45) is 0.271. The van der Waals surface area contributed by atoms with E-state index >= 15 is 0 Å². The zero-order valence-electron chi connectivity index (χ0n) is 15.4. The predicted octanol–water partition coefficient (Wildman–Crippen LogP) is 2.93. The highest BCUT2D eigenvalue weighted by Crippen LogP contribution is 2.25. The van der Waals surface area contributed by atoms with E-state index in [1.807, 2.05) is 44.2 Å². The van der Waals surface area contributed by atoms with Gasteiger partial charge in [0.2, 0.25) is 0 Å². The standard InChI is InChI=1S/C19H28N2O5/c1-14(2)21(19(25)26-13-15-6-4-3-5-7-15)17-9-8-16(10-11-22)20(12-17)18(23)24/h3-7,14,16-17,22H,8-13H2,1-2H3,(H,23,24)/t16-,17-/m1/s1. The summed E-state index contributed by atoms with van der Waals surface area (Å²) >= 11 is 0. The molecule has 1 aliphatic rings. The van der Waals surface area contributed by atoms with Gasteiger partial charge in [0.25, 0.3) is 0 Å². The minimum atomic E-state index is -1.02. The fourth-order valence-corrected chi connectivity index (χ4v) is 3.49. The fourth-order valence-electron chi connectivity index (χ4n) is 3.49. The maximum absolute atomic E-state index is 12.6. The Labute approximate surface area is 154 Å². The monoisotopic (exact) mass is 364 g/mol. The van der Waals surface area contributed by atoms with Crippen LogP contribution in [-0.2, 0) is 11.3 Å². The number of nitrogens with zero attached hydrogens (tertiary/aromatic N) is 2. The molecule has 0 aliphatic carbocycles. The van der Waals surface area contributed by atoms with Crippen molar-refractivity contribution in [2.75, 3.05) is 13.2 Å². The molecule has 0 spiro atoms. The SMILES string of the molecule is CC(C)N(C(=O)OCc1ccccc1)[C@@H]1CC[C@H](CCO)N(C(=O)O)C1. The molecule has 1 aromatic rings. The summed E-state index contributed by atoms with van der Waals surface area (Å²) in [5.74, 6) is 0. The lowest BCUT2D eigenvalue weighted by molar-refractivity contribution is 0.0242. The van der Waals surface area contributed by atoms with Crippen LogP contribution < -0.4 is 0 Å². The number of hydrogen-bond acceptors (Lipinski definition) is 4. The van der Waals surface area contributed by atoms with E-state index in [2.05, 4.69) is 0 Å². The van der Waals surface area contributed by atoms with E-state index in [1.165, 1.54) is 4.90 Å². The maximum Gasteiger partial charge on any atom is 0.410 e. The molecular weight excluding hydrogens is 336 g/mol. The summed E-state index contributed by atoms with van der Waals surface area (Å²) < 4.78 is 5.46. The number of ether oxygens (including phenoxy) is 1. The Morgan fingerprint density at radius 2 is 1.96 bits per heavy atom. The first kappa shape index (κ1) is 20.0. The van der Waals surface area contributed by atoms with Crippen LogP contribution in [0.4, 0.5) is 9.59 Å². The number of benzene rings is 1. The molecule has 0 unspecified atom stereocenters. The van der Waals surface area contributed by atoms with Crippen LogP contribution in [0.15, 0.2) is 30.3 Å². The van der Waals surface area contributed by atoms with E-state index in [9.17, 15) is 14.7 Å². The Morgan fingerprint density at radius 3 is 2.54 bits per heavy atom. The number of aliphatic hydroxyl groups excluding tert-OH is 1. The van der Waals surface area contributed by atoms with Crippen molar-refractivity contribution in [1.29, 1.82) is 0 Å². The maximum atomic E-state index is 12.6. The Morgan fingerprint density at radius 1 is 1.27 bits per heavy atom. The summed E-state index contributed by atoms with van der Waals surface area (Å²) in [6, 6.07) is 8.91. The first-order valence-electron chi connectivity index (χ1n) is 9.03. The number of hydrogen-bond donors (Lipinski definition) is 2. The zero-order chi connectivity index (χ0) is 19.1. The van der Waals surface area contributed by atoms with Gasteiger partial charge in [-0.3, -0.25) is 0 Å². The molecule has 2 amide bonds. The van der Waals surface area contributed by atoms with Crippen LogP contribution >= 0.6 is 0 Å². The van der Waals surface area contributed by atoms with Crippen LogP contribution in [0.25, 0.3) is 0 Å². The molecule has 1 aromatic carbocycles. The van der Waals surface area contributed by atoms with E-state index in [0.29, 0.717) is 19.3 Å². The third-order valence-electron chi connectivity index (χ3n) is 4.76. The van der Waals surface area contributed by atoms with Crippen molar-refractivity contribution >= 4 is 12.2 Å². The van der Waals surface area contributed by atoms with Crippen molar-refractivity contribution in [3.8, 4) is 0 Å². The topological polar surface area (TPSA) is 90.3 Å². The van der Waals surface area contributed by atoms with Gasteiger partial charge >= 0.3 is 12.2 Å². The van der Waals surface area contributed by atoms with Gasteiger partial charge in [0.1, 0.15) is 6.61 Å². The van der Waals surface area contributed by atoms with Gasteiger partial charge in [-0.2, -0.15) is 0 Å². The number of carbonyl (C=O) groups is 2. The number of rotatable bonds is 6. The average Bonchev–Trinajstić information content (AvgIpc) is 2.62. The summed E-state index contributed by atoms with van der Waals surface area (Å²) in [4.78, 5) is 27.2. The molecular formula is C19H28N2O5. The van der Waals surface area contributed by atoms with Gasteiger partial charge in [0.15, 0.2) is 0 Å². The van der Waals surface area contributed by atoms with Gasteiger partial charge in [0.05, 0.1) is 6.04 Å². The quantitative estimate of drug-likeness (QED) is 0.810. The molecule has 0 saturated carbocycles. The molecule has 0 bridgehead atoms. The zero-order valence-corrected chi connectivity index (χ0v) is 15.4. The van der Waals surface area contributed by atoms with Crippen LogP contribution in [0.5, 0.6) is 0 Å². The number of likely N-dealkylation sites (tertiary alicyclic amines) is 1. The van der Waals surface area contributed by atoms with Crippen molar-refractivity contribution in [2.24, 2.45) is 0 Å². The van der Waals surface area contributed by atoms with Gasteiger partial charge in [-0.15, -0.1) is 0 Å². The summed E-state index contributed by atoms with van der Waals surface area (Å²) in [5, 5.41) is 18.6. The predicted molar refractivity (Wildman–Crippen MR) is 96.8 cm³/mol. The molecule has 144 valence electrons. The van der Waals surface area contributed by atoms with Crippen LogP contribution in [0.1, 0.15) is 38.7 Å². The summed E-state index contributed by atoms with van der Waals surface area (Å²) in [5.41, 5.74) is 0.906. The smallest absolute Gasteiger partial charge is 0.410 e. The van der Waals surface area contributed by atoms with Crippen molar-refractivity contribution < 1.29 is 24.5 Å². The van der Waals surface area contributed by atoms with Gasteiger partial charge in [-0.1, -0.05) is 30.3 Å². The molecule has 7 heteroatoms. The third-order valence-corrected chi connectivity index (χ3v) is 4.76. The molecule has 1 fully saturated rings. The molecule has 7 nitrogen and oxygen atoms in total. The first-order valence-corrected chi connectivity index (χ1v) is 9.03. The van der Waals surface area contributed by atoms with Gasteiger partial charge in [0, 0.05) is 25.2 Å². The van der Waals surface area contributed by atoms with Gasteiger partial charge in [-0.25, -0.2) is 9.59 Å². The second kappa shape index (κ2) is 9.43. The van der Waals surface area contributed by atoms with Gasteiger partial charge in [-0.05, 0) is 38.7 Å². The minimum Gasteiger partial charge on any atom is -0.465 e. The van der Waals surface area contributed by atoms with E-state index in [1.54, 1.807) is 4.90 Å². The van der Waals surface area contributed by atoms with Crippen LogP contribution in [0, 0.1) is 0 Å². The highest BCUT2D eigenvalue weighted by molar-refractivity contribution is 5.69. The Balaban J connectivity index is 2.03. The molecule has 0 radical (unpaired) electrons. The van der Waals surface area contributed by atoms with Crippen LogP contribution in [0.2, 0.25) is 0 Å². The molecule has 0 aromatic heterocycles. The fraction of sp³-hybridized carbons (Fsp3) is 0.579. The molecule has 2 atom stereocenters. The largest absolute Gasteiger partial charge is 0.465 e. The second-order valence-electron chi connectivity index (χ2n) is 6.87. The van der Waals surface area contributed by atoms with Crippen molar-refractivity contribution in [1.82, 2.24) is 9.80 Å². The van der Waals surface area contributed by atoms with E-state index in [4.69, 9.17) is 9.84 Å². The Kier molecular flexibility index (Phi) is 7.26. The van der Waals surface area contributed by atoms with E-state index in [0.717, 1.165) is 5.56 Å². The number of piperidine rings is 1. The second-order valence-corrected chi connectivity index (χ2v) is 6.87. The number of carboxylic acid groups (broad SMARTS) is 1. The Hall–Kier alpha value is -2.28. The first-order chi connectivity index (χ1) is 12.4. The third kappa shape index (κ3) is 5.11. The normalized spacial score (nSPS) is 20.1. The lowest BCUT2D eigenvalue weighted by atomic mass is 9.95. The highest BCUT2D eigenvalue weighted by atomic mass is 16.6. The lowest BCUT2D eigenvalue weighted by Crippen LogP contribution is -2.56. The summed E-state index contributed by atoms with van der Waals surface area (Å²) in [7, 11) is 0. The van der Waals surface area contributed by atoms with E-state index < -0.39 is 12.2 Å². The van der Waals surface area contributed by atoms with Crippen molar-refractivity contribution in [2.45, 2.75) is 57.8 Å². The minimum absolute atomic E-state index is 0.0495. The van der Waals surface area contributed by atoms with Crippen LogP contribution in [0.3, 0.4) is 0 Å². The molecule has 2 N–H and O–H groups in total. The molecule has 26 heavy (non-hydrogen) atoms. The van der Waals surface area contributed by atoms with Gasteiger partial charge < -0.3 is 24.7 Å². The average molecular weight is 364 g/mol. The number of aliphatic hydroxyl groups is 1. The molecule has 1 heterocycles. The highest BCUT2D eigenvalue weighted by Gasteiger charge is 2.37. The lowest BCUT2D eigenvalue weighted by Gasteiger charge is -2.43. The Bertz CT molecular complexity index is 593. The summed E-state index contributed by atoms with van der Waals surface area (Å²) in [6.45, 7) is 4.17. The number of carbonyl (C=O) groups excluding carboxylic acids is 1. The van der Waals surface area contributed by atoms with Crippen LogP contribution in [-0.4, -0.2) is 63.5 Å². The van der Waals surface area contributed by atoms with Crippen molar-refractivity contribution in [3.05, 3.63) is 35.9 Å². The van der Waals surface area contributed by atoms with Crippen molar-refractivity contribution in [3.63, 3.8) is 0 Å². The molecule has 1 aliphatic heterocycles. The molecule has 2 rings (SSSR count). The molecule has 1 saturated heterocycles.